The van der Waals surface area contributed by atoms with Crippen molar-refractivity contribution in [3.8, 4) is 0 Å². The summed E-state index contributed by atoms with van der Waals surface area (Å²) in [6, 6.07) is 6.10. The molecule has 3 heterocycles. The van der Waals surface area contributed by atoms with E-state index < -0.39 is 0 Å². The number of fused-ring (bicyclic) bond motifs is 1. The summed E-state index contributed by atoms with van der Waals surface area (Å²) in [7, 11) is 0. The van der Waals surface area contributed by atoms with Gasteiger partial charge in [-0.2, -0.15) is 0 Å². The molecular weight excluding hydrogens is 236 g/mol. The number of anilines is 1. The number of nitrogens with two attached hydrogens (primary N) is 1. The predicted octanol–water partition coefficient (Wildman–Crippen LogP) is 2.42. The number of hydrogen-bond donors (Lipinski definition) is 1. The van der Waals surface area contributed by atoms with Gasteiger partial charge in [0.1, 0.15) is 5.65 Å². The maximum absolute atomic E-state index is 5.93. The van der Waals surface area contributed by atoms with Crippen LogP contribution in [-0.2, 0) is 6.54 Å². The van der Waals surface area contributed by atoms with Crippen LogP contribution in [0.25, 0.3) is 5.65 Å². The molecule has 1 atom stereocenters. The van der Waals surface area contributed by atoms with Crippen LogP contribution in [0.5, 0.6) is 0 Å². The van der Waals surface area contributed by atoms with Crippen LogP contribution < -0.4 is 10.6 Å². The van der Waals surface area contributed by atoms with E-state index >= 15 is 0 Å². The van der Waals surface area contributed by atoms with Crippen molar-refractivity contribution in [1.82, 2.24) is 9.38 Å². The molecule has 0 saturated carbocycles. The Morgan fingerprint density at radius 3 is 3.11 bits per heavy atom. The van der Waals surface area contributed by atoms with E-state index in [1.807, 2.05) is 24.4 Å². The molecule has 2 N–H and O–H groups in total. The third kappa shape index (κ3) is 2.21. The number of rotatable bonds is 4. The van der Waals surface area contributed by atoms with Crippen LogP contribution >= 0.6 is 0 Å². The Labute approximate surface area is 114 Å². The van der Waals surface area contributed by atoms with Gasteiger partial charge in [-0.25, -0.2) is 4.98 Å². The zero-order valence-electron chi connectivity index (χ0n) is 11.5. The normalized spacial score (nSPS) is 19.5. The lowest BCUT2D eigenvalue weighted by atomic mass is 10.0. The zero-order valence-corrected chi connectivity index (χ0v) is 11.5. The van der Waals surface area contributed by atoms with Crippen LogP contribution in [0.3, 0.4) is 0 Å². The minimum Gasteiger partial charge on any atom is -0.355 e. The Bertz CT molecular complexity index is 560. The summed E-state index contributed by atoms with van der Waals surface area (Å²) in [5.74, 6) is 1.91. The lowest BCUT2D eigenvalue weighted by molar-refractivity contribution is 0.529. The molecule has 0 aromatic carbocycles. The van der Waals surface area contributed by atoms with Crippen molar-refractivity contribution in [2.24, 2.45) is 11.7 Å². The van der Waals surface area contributed by atoms with Crippen LogP contribution in [0.2, 0.25) is 0 Å². The van der Waals surface area contributed by atoms with Crippen LogP contribution in [0.4, 0.5) is 5.82 Å². The third-order valence-electron chi connectivity index (χ3n) is 4.08. The number of nitrogens with zero attached hydrogens (tertiary/aromatic N) is 3. The van der Waals surface area contributed by atoms with Gasteiger partial charge in [0.2, 0.25) is 0 Å². The van der Waals surface area contributed by atoms with Crippen molar-refractivity contribution < 1.29 is 0 Å². The maximum atomic E-state index is 5.93. The number of hydrogen-bond acceptors (Lipinski definition) is 3. The van der Waals surface area contributed by atoms with Gasteiger partial charge in [-0.05, 0) is 30.9 Å². The summed E-state index contributed by atoms with van der Waals surface area (Å²) < 4.78 is 2.11. The molecule has 0 bridgehead atoms. The van der Waals surface area contributed by atoms with E-state index in [2.05, 4.69) is 16.2 Å². The van der Waals surface area contributed by atoms with Gasteiger partial charge in [-0.3, -0.25) is 0 Å². The van der Waals surface area contributed by atoms with E-state index in [0.717, 1.165) is 36.2 Å². The largest absolute Gasteiger partial charge is 0.355 e. The number of imidazole rings is 1. The van der Waals surface area contributed by atoms with Crippen molar-refractivity contribution in [3.05, 3.63) is 30.1 Å². The molecule has 1 unspecified atom stereocenters. The average molecular weight is 258 g/mol. The Morgan fingerprint density at radius 2 is 2.32 bits per heavy atom. The first kappa shape index (κ1) is 12.5. The van der Waals surface area contributed by atoms with E-state index in [4.69, 9.17) is 10.7 Å². The first-order valence-corrected chi connectivity index (χ1v) is 7.24. The molecule has 1 aliphatic heterocycles. The molecule has 3 rings (SSSR count). The molecule has 4 nitrogen and oxygen atoms in total. The SMILES string of the molecule is CCCC1CCN(c2nc3ccccn3c2CN)C1. The summed E-state index contributed by atoms with van der Waals surface area (Å²) in [5.41, 5.74) is 8.06. The molecule has 1 saturated heterocycles. The van der Waals surface area contributed by atoms with Gasteiger partial charge in [-0.1, -0.05) is 19.4 Å². The topological polar surface area (TPSA) is 46.6 Å². The Balaban J connectivity index is 1.92. The van der Waals surface area contributed by atoms with Gasteiger partial charge in [0.25, 0.3) is 0 Å². The third-order valence-corrected chi connectivity index (χ3v) is 4.08. The molecule has 19 heavy (non-hydrogen) atoms. The molecule has 0 spiro atoms. The van der Waals surface area contributed by atoms with Gasteiger partial charge >= 0.3 is 0 Å². The second-order valence-electron chi connectivity index (χ2n) is 5.40. The molecule has 1 aliphatic rings. The fraction of sp³-hybridized carbons (Fsp3) is 0.533. The van der Waals surface area contributed by atoms with Crippen LogP contribution in [0, 0.1) is 5.92 Å². The summed E-state index contributed by atoms with van der Waals surface area (Å²) in [6.07, 6.45) is 5.93. The van der Waals surface area contributed by atoms with Crippen LogP contribution in [0.15, 0.2) is 24.4 Å². The van der Waals surface area contributed by atoms with Gasteiger partial charge in [0, 0.05) is 25.8 Å². The van der Waals surface area contributed by atoms with E-state index in [1.165, 1.54) is 19.3 Å². The molecule has 0 radical (unpaired) electrons. The highest BCUT2D eigenvalue weighted by Gasteiger charge is 2.25. The van der Waals surface area contributed by atoms with E-state index in [9.17, 15) is 0 Å². The monoisotopic (exact) mass is 258 g/mol. The lowest BCUT2D eigenvalue weighted by Gasteiger charge is -2.17. The summed E-state index contributed by atoms with van der Waals surface area (Å²) in [5, 5.41) is 0. The minimum absolute atomic E-state index is 0.537. The average Bonchev–Trinajstić information content (AvgIpc) is 3.02. The highest BCUT2D eigenvalue weighted by atomic mass is 15.2. The highest BCUT2D eigenvalue weighted by Crippen LogP contribution is 2.29. The predicted molar refractivity (Wildman–Crippen MR) is 78.3 cm³/mol. The van der Waals surface area contributed by atoms with Crippen molar-refractivity contribution in [2.75, 3.05) is 18.0 Å². The molecule has 1 fully saturated rings. The second kappa shape index (κ2) is 5.21. The fourth-order valence-corrected chi connectivity index (χ4v) is 3.15. The molecule has 0 aliphatic carbocycles. The summed E-state index contributed by atoms with van der Waals surface area (Å²) in [4.78, 5) is 7.18. The van der Waals surface area contributed by atoms with Crippen molar-refractivity contribution in [1.29, 1.82) is 0 Å². The second-order valence-corrected chi connectivity index (χ2v) is 5.40. The summed E-state index contributed by atoms with van der Waals surface area (Å²) in [6.45, 7) is 5.04. The van der Waals surface area contributed by atoms with Gasteiger partial charge in [-0.15, -0.1) is 0 Å². The Hall–Kier alpha value is -1.55. The first-order chi connectivity index (χ1) is 9.33. The van der Waals surface area contributed by atoms with Crippen LogP contribution in [0.1, 0.15) is 31.9 Å². The Kier molecular flexibility index (Phi) is 3.42. The van der Waals surface area contributed by atoms with E-state index in [0.29, 0.717) is 6.54 Å². The zero-order chi connectivity index (χ0) is 13.2. The van der Waals surface area contributed by atoms with E-state index in [-0.39, 0.29) is 0 Å². The molecule has 4 heteroatoms. The standard InChI is InChI=1S/C15H22N4/c1-2-5-12-7-9-18(11-12)15-13(10-16)19-8-4-3-6-14(19)17-15/h3-4,6,8,12H,2,5,7,9-11,16H2,1H3. The van der Waals surface area contributed by atoms with Gasteiger partial charge in [0.15, 0.2) is 5.82 Å². The molecule has 2 aromatic heterocycles. The minimum atomic E-state index is 0.537. The smallest absolute Gasteiger partial charge is 0.152 e. The lowest BCUT2D eigenvalue weighted by Crippen LogP contribution is -2.22. The fourth-order valence-electron chi connectivity index (χ4n) is 3.15. The molecule has 2 aromatic rings. The van der Waals surface area contributed by atoms with Crippen LogP contribution in [-0.4, -0.2) is 22.5 Å². The van der Waals surface area contributed by atoms with Crippen molar-refractivity contribution in [2.45, 2.75) is 32.7 Å². The van der Waals surface area contributed by atoms with Gasteiger partial charge < -0.3 is 15.0 Å². The number of aromatic nitrogens is 2. The van der Waals surface area contributed by atoms with E-state index in [1.54, 1.807) is 0 Å². The molecule has 102 valence electrons. The first-order valence-electron chi connectivity index (χ1n) is 7.24. The number of pyridine rings is 1. The highest BCUT2D eigenvalue weighted by molar-refractivity contribution is 5.56. The Morgan fingerprint density at radius 1 is 1.42 bits per heavy atom. The summed E-state index contributed by atoms with van der Waals surface area (Å²) >= 11 is 0. The quantitative estimate of drug-likeness (QED) is 0.916. The van der Waals surface area contributed by atoms with Gasteiger partial charge in [0.05, 0.1) is 5.69 Å². The molecule has 0 amide bonds. The maximum Gasteiger partial charge on any atom is 0.152 e. The van der Waals surface area contributed by atoms with Crippen molar-refractivity contribution >= 4 is 11.5 Å². The van der Waals surface area contributed by atoms with Crippen molar-refractivity contribution in [3.63, 3.8) is 0 Å². The molecular formula is C15H22N4.